The highest BCUT2D eigenvalue weighted by atomic mass is 16.4. The molecule has 72 valence electrons. The van der Waals surface area contributed by atoms with E-state index in [1.165, 1.54) is 4.52 Å². The molecule has 0 atom stereocenters. The zero-order valence-electron chi connectivity index (χ0n) is 7.43. The quantitative estimate of drug-likeness (QED) is 0.678. The average Bonchev–Trinajstić information content (AvgIpc) is 2.43. The fourth-order valence-electron chi connectivity index (χ4n) is 1.32. The molecule has 3 N–H and O–H groups in total. The number of anilines is 1. The molecule has 0 saturated heterocycles. The molecule has 0 aliphatic rings. The van der Waals surface area contributed by atoms with E-state index >= 15 is 0 Å². The van der Waals surface area contributed by atoms with Crippen LogP contribution in [0.1, 0.15) is 15.9 Å². The van der Waals surface area contributed by atoms with Gasteiger partial charge in [-0.05, 0) is 18.6 Å². The molecular weight excluding hydrogens is 184 g/mol. The molecule has 14 heavy (non-hydrogen) atoms. The standard InChI is InChI=1S/C8H8N4O2/c1-4-2-3-12-6(5(4)7(13)14)10-8(9)11-12/h2-3H,1H3,(H2,9,11)(H,13,14). The summed E-state index contributed by atoms with van der Waals surface area (Å²) in [5.74, 6) is -0.960. The molecule has 0 aliphatic heterocycles. The Balaban J connectivity index is 2.88. The molecule has 6 heteroatoms. The molecule has 0 bridgehead atoms. The van der Waals surface area contributed by atoms with Gasteiger partial charge in [-0.3, -0.25) is 0 Å². The van der Waals surface area contributed by atoms with Gasteiger partial charge in [0.2, 0.25) is 5.95 Å². The third-order valence-electron chi connectivity index (χ3n) is 1.95. The second-order valence-electron chi connectivity index (χ2n) is 2.92. The van der Waals surface area contributed by atoms with Crippen LogP contribution in [0.4, 0.5) is 5.95 Å². The van der Waals surface area contributed by atoms with Crippen LogP contribution in [-0.4, -0.2) is 25.7 Å². The van der Waals surface area contributed by atoms with Crippen molar-refractivity contribution < 1.29 is 9.90 Å². The van der Waals surface area contributed by atoms with E-state index in [1.807, 2.05) is 0 Å². The molecule has 2 rings (SSSR count). The Bertz CT molecular complexity index is 517. The molecule has 0 aromatic carbocycles. The van der Waals surface area contributed by atoms with Crippen LogP contribution in [0.5, 0.6) is 0 Å². The van der Waals surface area contributed by atoms with Crippen LogP contribution in [0.15, 0.2) is 12.3 Å². The van der Waals surface area contributed by atoms with Crippen molar-refractivity contribution in [2.24, 2.45) is 0 Å². The summed E-state index contributed by atoms with van der Waals surface area (Å²) in [5, 5.41) is 12.8. The molecule has 0 unspecified atom stereocenters. The minimum atomic E-state index is -1.03. The molecule has 2 aromatic heterocycles. The van der Waals surface area contributed by atoms with Crippen LogP contribution in [-0.2, 0) is 0 Å². The van der Waals surface area contributed by atoms with Crippen molar-refractivity contribution in [1.29, 1.82) is 0 Å². The van der Waals surface area contributed by atoms with Crippen LogP contribution >= 0.6 is 0 Å². The van der Waals surface area contributed by atoms with Crippen molar-refractivity contribution in [3.8, 4) is 0 Å². The smallest absolute Gasteiger partial charge is 0.339 e. The minimum absolute atomic E-state index is 0.0677. The molecule has 0 amide bonds. The number of carboxylic acid groups (broad SMARTS) is 1. The molecular formula is C8H8N4O2. The highest BCUT2D eigenvalue weighted by Crippen LogP contribution is 2.14. The van der Waals surface area contributed by atoms with Gasteiger partial charge in [-0.15, -0.1) is 5.10 Å². The number of hydrogen-bond donors (Lipinski definition) is 2. The maximum atomic E-state index is 10.9. The van der Waals surface area contributed by atoms with Gasteiger partial charge in [0.1, 0.15) is 5.56 Å². The van der Waals surface area contributed by atoms with Crippen LogP contribution in [0, 0.1) is 6.92 Å². The number of aromatic carboxylic acids is 1. The lowest BCUT2D eigenvalue weighted by Crippen LogP contribution is -2.04. The van der Waals surface area contributed by atoms with Gasteiger partial charge in [0, 0.05) is 6.20 Å². The highest BCUT2D eigenvalue weighted by molar-refractivity contribution is 5.96. The lowest BCUT2D eigenvalue weighted by molar-refractivity contribution is 0.0697. The summed E-state index contributed by atoms with van der Waals surface area (Å²) in [6.07, 6.45) is 1.63. The molecule has 0 saturated carbocycles. The first-order valence-electron chi connectivity index (χ1n) is 3.94. The summed E-state index contributed by atoms with van der Waals surface area (Å²) >= 11 is 0. The van der Waals surface area contributed by atoms with Crippen molar-refractivity contribution in [1.82, 2.24) is 14.6 Å². The van der Waals surface area contributed by atoms with Crippen molar-refractivity contribution in [2.45, 2.75) is 6.92 Å². The van der Waals surface area contributed by atoms with E-state index in [2.05, 4.69) is 10.1 Å². The minimum Gasteiger partial charge on any atom is -0.478 e. The Hall–Kier alpha value is -2.11. The molecule has 0 fully saturated rings. The Kier molecular flexibility index (Phi) is 1.63. The topological polar surface area (TPSA) is 93.5 Å². The predicted molar refractivity (Wildman–Crippen MR) is 49.1 cm³/mol. The normalized spacial score (nSPS) is 10.6. The number of nitrogens with zero attached hydrogens (tertiary/aromatic N) is 3. The van der Waals surface area contributed by atoms with Gasteiger partial charge in [-0.1, -0.05) is 0 Å². The number of nitrogen functional groups attached to an aromatic ring is 1. The fraction of sp³-hybridized carbons (Fsp3) is 0.125. The molecule has 0 radical (unpaired) electrons. The largest absolute Gasteiger partial charge is 0.478 e. The Morgan fingerprint density at radius 1 is 1.64 bits per heavy atom. The number of pyridine rings is 1. The van der Waals surface area contributed by atoms with E-state index in [-0.39, 0.29) is 17.2 Å². The number of aromatic nitrogens is 3. The first kappa shape index (κ1) is 8.49. The van der Waals surface area contributed by atoms with E-state index < -0.39 is 5.97 Å². The van der Waals surface area contributed by atoms with E-state index in [1.54, 1.807) is 19.2 Å². The van der Waals surface area contributed by atoms with Crippen LogP contribution in [0.2, 0.25) is 0 Å². The monoisotopic (exact) mass is 192 g/mol. The summed E-state index contributed by atoms with van der Waals surface area (Å²) in [7, 11) is 0. The summed E-state index contributed by atoms with van der Waals surface area (Å²) < 4.78 is 1.35. The molecule has 0 spiro atoms. The Morgan fingerprint density at radius 3 is 3.00 bits per heavy atom. The maximum Gasteiger partial charge on any atom is 0.339 e. The van der Waals surface area contributed by atoms with Gasteiger partial charge >= 0.3 is 5.97 Å². The van der Waals surface area contributed by atoms with E-state index in [0.29, 0.717) is 5.56 Å². The van der Waals surface area contributed by atoms with Gasteiger partial charge in [0.05, 0.1) is 0 Å². The van der Waals surface area contributed by atoms with Gasteiger partial charge in [0.25, 0.3) is 0 Å². The lowest BCUT2D eigenvalue weighted by atomic mass is 10.1. The molecule has 2 heterocycles. The SMILES string of the molecule is Cc1ccn2nc(N)nc2c1C(=O)O. The van der Waals surface area contributed by atoms with Crippen LogP contribution in [0.25, 0.3) is 5.65 Å². The zero-order chi connectivity index (χ0) is 10.3. The second-order valence-corrected chi connectivity index (χ2v) is 2.92. The van der Waals surface area contributed by atoms with E-state index in [9.17, 15) is 4.79 Å². The summed E-state index contributed by atoms with van der Waals surface area (Å²) in [5.41, 5.74) is 6.42. The van der Waals surface area contributed by atoms with Crippen molar-refractivity contribution in [3.63, 3.8) is 0 Å². The summed E-state index contributed by atoms with van der Waals surface area (Å²) in [6.45, 7) is 1.70. The summed E-state index contributed by atoms with van der Waals surface area (Å²) in [6, 6.07) is 1.66. The fourth-order valence-corrected chi connectivity index (χ4v) is 1.32. The highest BCUT2D eigenvalue weighted by Gasteiger charge is 2.14. The number of nitrogens with two attached hydrogens (primary N) is 1. The first-order chi connectivity index (χ1) is 6.59. The van der Waals surface area contributed by atoms with Gasteiger partial charge in [-0.2, -0.15) is 4.98 Å². The van der Waals surface area contributed by atoms with Crippen LogP contribution < -0.4 is 5.73 Å². The van der Waals surface area contributed by atoms with Crippen molar-refractivity contribution in [2.75, 3.05) is 5.73 Å². The zero-order valence-corrected chi connectivity index (χ0v) is 7.43. The van der Waals surface area contributed by atoms with Gasteiger partial charge in [0.15, 0.2) is 5.65 Å². The maximum absolute atomic E-state index is 10.9. The summed E-state index contributed by atoms with van der Waals surface area (Å²) in [4.78, 5) is 14.8. The number of fused-ring (bicyclic) bond motifs is 1. The third kappa shape index (κ3) is 1.08. The van der Waals surface area contributed by atoms with Crippen molar-refractivity contribution in [3.05, 3.63) is 23.4 Å². The number of rotatable bonds is 1. The number of aryl methyl sites for hydroxylation is 1. The lowest BCUT2D eigenvalue weighted by Gasteiger charge is -2.00. The molecule has 2 aromatic rings. The van der Waals surface area contributed by atoms with E-state index in [0.717, 1.165) is 0 Å². The van der Waals surface area contributed by atoms with Crippen molar-refractivity contribution >= 4 is 17.6 Å². The number of hydrogen-bond acceptors (Lipinski definition) is 4. The number of carboxylic acids is 1. The van der Waals surface area contributed by atoms with Crippen LogP contribution in [0.3, 0.4) is 0 Å². The predicted octanol–water partition coefficient (Wildman–Crippen LogP) is 0.318. The van der Waals surface area contributed by atoms with E-state index in [4.69, 9.17) is 10.8 Å². The van der Waals surface area contributed by atoms with Gasteiger partial charge < -0.3 is 10.8 Å². The Labute approximate surface area is 79.0 Å². The number of carbonyl (C=O) groups is 1. The Morgan fingerprint density at radius 2 is 2.36 bits per heavy atom. The van der Waals surface area contributed by atoms with Gasteiger partial charge in [-0.25, -0.2) is 9.31 Å². The average molecular weight is 192 g/mol. The third-order valence-corrected chi connectivity index (χ3v) is 1.95. The molecule has 0 aliphatic carbocycles. The molecule has 6 nitrogen and oxygen atoms in total. The first-order valence-corrected chi connectivity index (χ1v) is 3.94. The second kappa shape index (κ2) is 2.69.